The number of nitro groups is 1. The van der Waals surface area contributed by atoms with Crippen LogP contribution in [0.4, 0.5) is 5.69 Å². The minimum Gasteiger partial charge on any atom is -0.382 e. The summed E-state index contributed by atoms with van der Waals surface area (Å²) in [6.45, 7) is 5.33. The Morgan fingerprint density at radius 1 is 1.23 bits per heavy atom. The largest absolute Gasteiger partial charge is 0.382 e. The molecule has 0 amide bonds. The van der Waals surface area contributed by atoms with E-state index in [4.69, 9.17) is 4.74 Å². The van der Waals surface area contributed by atoms with E-state index in [0.29, 0.717) is 0 Å². The Morgan fingerprint density at radius 2 is 2.00 bits per heavy atom. The molecule has 0 fully saturated rings. The van der Waals surface area contributed by atoms with Gasteiger partial charge < -0.3 is 10.1 Å². The Bertz CT molecular complexity index is 596. The molecule has 0 saturated carbocycles. The van der Waals surface area contributed by atoms with Gasteiger partial charge in [0, 0.05) is 41.6 Å². The van der Waals surface area contributed by atoms with Gasteiger partial charge in [-0.2, -0.15) is 0 Å². The van der Waals surface area contributed by atoms with Gasteiger partial charge in [0.2, 0.25) is 0 Å². The number of non-ortho nitro benzene ring substituents is 1. The lowest BCUT2D eigenvalue weighted by Gasteiger charge is -2.03. The van der Waals surface area contributed by atoms with Gasteiger partial charge in [-0.05, 0) is 49.7 Å². The van der Waals surface area contributed by atoms with Crippen LogP contribution in [0.5, 0.6) is 0 Å². The molecule has 1 aromatic heterocycles. The lowest BCUT2D eigenvalue weighted by molar-refractivity contribution is -0.384. The number of hydrogen-bond donors (Lipinski definition) is 1. The van der Waals surface area contributed by atoms with E-state index in [1.807, 2.05) is 6.92 Å². The zero-order chi connectivity index (χ0) is 15.8. The SMILES string of the molecule is CCOCCCNCc1ccc(-c2ccc([N+](=O)[O-])cc2)s1. The van der Waals surface area contributed by atoms with E-state index in [9.17, 15) is 10.1 Å². The van der Waals surface area contributed by atoms with E-state index in [-0.39, 0.29) is 10.6 Å². The first-order valence-corrected chi connectivity index (χ1v) is 8.14. The van der Waals surface area contributed by atoms with Gasteiger partial charge in [-0.1, -0.05) is 0 Å². The van der Waals surface area contributed by atoms with Crippen molar-refractivity contribution in [3.8, 4) is 10.4 Å². The van der Waals surface area contributed by atoms with Crippen LogP contribution < -0.4 is 5.32 Å². The number of ether oxygens (including phenoxy) is 1. The van der Waals surface area contributed by atoms with Crippen molar-refractivity contribution in [1.82, 2.24) is 5.32 Å². The molecule has 1 heterocycles. The second-order valence-corrected chi connectivity index (χ2v) is 5.97. The molecule has 5 nitrogen and oxygen atoms in total. The van der Waals surface area contributed by atoms with Gasteiger partial charge in [-0.25, -0.2) is 0 Å². The van der Waals surface area contributed by atoms with Gasteiger partial charge in [0.25, 0.3) is 5.69 Å². The molecule has 0 aliphatic heterocycles. The van der Waals surface area contributed by atoms with Gasteiger partial charge in [-0.15, -0.1) is 11.3 Å². The summed E-state index contributed by atoms with van der Waals surface area (Å²) < 4.78 is 5.29. The molecule has 2 rings (SSSR count). The zero-order valence-corrected chi connectivity index (χ0v) is 13.4. The zero-order valence-electron chi connectivity index (χ0n) is 12.6. The van der Waals surface area contributed by atoms with Crippen LogP contribution in [0.3, 0.4) is 0 Å². The Kier molecular flexibility index (Phi) is 6.51. The van der Waals surface area contributed by atoms with Crippen molar-refractivity contribution in [2.45, 2.75) is 19.9 Å². The molecule has 0 saturated heterocycles. The monoisotopic (exact) mass is 320 g/mol. The molecule has 0 atom stereocenters. The van der Waals surface area contributed by atoms with Crippen LogP contribution in [0.2, 0.25) is 0 Å². The lowest BCUT2D eigenvalue weighted by atomic mass is 10.2. The molecule has 0 spiro atoms. The fourth-order valence-corrected chi connectivity index (χ4v) is 3.01. The predicted molar refractivity (Wildman–Crippen MR) is 89.2 cm³/mol. The maximum Gasteiger partial charge on any atom is 0.269 e. The highest BCUT2D eigenvalue weighted by Gasteiger charge is 2.07. The summed E-state index contributed by atoms with van der Waals surface area (Å²) >= 11 is 1.70. The van der Waals surface area contributed by atoms with Crippen molar-refractivity contribution in [1.29, 1.82) is 0 Å². The van der Waals surface area contributed by atoms with Gasteiger partial charge in [0.05, 0.1) is 4.92 Å². The number of nitrogens with zero attached hydrogens (tertiary/aromatic N) is 1. The molecule has 0 unspecified atom stereocenters. The third kappa shape index (κ3) is 4.91. The van der Waals surface area contributed by atoms with Crippen molar-refractivity contribution in [2.75, 3.05) is 19.8 Å². The van der Waals surface area contributed by atoms with Gasteiger partial charge in [0.15, 0.2) is 0 Å². The predicted octanol–water partition coefficient (Wildman–Crippen LogP) is 3.84. The number of rotatable bonds is 9. The quantitative estimate of drug-likeness (QED) is 0.433. The normalized spacial score (nSPS) is 10.8. The topological polar surface area (TPSA) is 64.4 Å². The van der Waals surface area contributed by atoms with Crippen molar-refractivity contribution < 1.29 is 9.66 Å². The second-order valence-electron chi connectivity index (χ2n) is 4.80. The van der Waals surface area contributed by atoms with Crippen LogP contribution in [0.25, 0.3) is 10.4 Å². The number of thiophene rings is 1. The summed E-state index contributed by atoms with van der Waals surface area (Å²) in [5, 5.41) is 14.0. The lowest BCUT2D eigenvalue weighted by Crippen LogP contribution is -2.15. The fourth-order valence-electron chi connectivity index (χ4n) is 2.03. The third-order valence-electron chi connectivity index (χ3n) is 3.17. The molecule has 1 aromatic carbocycles. The first-order chi connectivity index (χ1) is 10.7. The van der Waals surface area contributed by atoms with E-state index in [1.54, 1.807) is 35.6 Å². The van der Waals surface area contributed by atoms with Crippen molar-refractivity contribution in [3.05, 3.63) is 51.4 Å². The maximum atomic E-state index is 10.7. The van der Waals surface area contributed by atoms with E-state index < -0.39 is 0 Å². The highest BCUT2D eigenvalue weighted by atomic mass is 32.1. The molecular weight excluding hydrogens is 300 g/mol. The van der Waals surface area contributed by atoms with E-state index in [2.05, 4.69) is 17.4 Å². The van der Waals surface area contributed by atoms with Crippen LogP contribution in [0, 0.1) is 10.1 Å². The maximum absolute atomic E-state index is 10.7. The van der Waals surface area contributed by atoms with E-state index >= 15 is 0 Å². The van der Waals surface area contributed by atoms with Crippen molar-refractivity contribution in [3.63, 3.8) is 0 Å². The number of nitro benzene ring substituents is 1. The molecule has 0 radical (unpaired) electrons. The molecule has 1 N–H and O–H groups in total. The van der Waals surface area contributed by atoms with Crippen LogP contribution >= 0.6 is 11.3 Å². The van der Waals surface area contributed by atoms with Crippen LogP contribution in [-0.2, 0) is 11.3 Å². The summed E-state index contributed by atoms with van der Waals surface area (Å²) in [4.78, 5) is 12.7. The Morgan fingerprint density at radius 3 is 2.68 bits per heavy atom. The summed E-state index contributed by atoms with van der Waals surface area (Å²) in [6.07, 6.45) is 1.01. The summed E-state index contributed by atoms with van der Waals surface area (Å²) in [7, 11) is 0. The fraction of sp³-hybridized carbons (Fsp3) is 0.375. The number of hydrogen-bond acceptors (Lipinski definition) is 5. The van der Waals surface area contributed by atoms with Gasteiger partial charge in [0.1, 0.15) is 0 Å². The van der Waals surface area contributed by atoms with Crippen LogP contribution in [0.1, 0.15) is 18.2 Å². The third-order valence-corrected chi connectivity index (χ3v) is 4.30. The first kappa shape index (κ1) is 16.6. The van der Waals surface area contributed by atoms with Gasteiger partial charge >= 0.3 is 0 Å². The Labute approximate surface area is 134 Å². The Balaban J connectivity index is 1.84. The molecule has 0 aliphatic carbocycles. The highest BCUT2D eigenvalue weighted by Crippen LogP contribution is 2.29. The van der Waals surface area contributed by atoms with Crippen molar-refractivity contribution in [2.24, 2.45) is 0 Å². The number of benzene rings is 1. The average Bonchev–Trinajstić information content (AvgIpc) is 3.00. The molecule has 118 valence electrons. The smallest absolute Gasteiger partial charge is 0.269 e. The van der Waals surface area contributed by atoms with Crippen molar-refractivity contribution >= 4 is 17.0 Å². The molecule has 2 aromatic rings. The summed E-state index contributed by atoms with van der Waals surface area (Å²) in [6, 6.07) is 10.8. The van der Waals surface area contributed by atoms with Gasteiger partial charge in [-0.3, -0.25) is 10.1 Å². The van der Waals surface area contributed by atoms with E-state index in [0.717, 1.165) is 43.2 Å². The first-order valence-electron chi connectivity index (χ1n) is 7.32. The number of nitrogens with one attached hydrogen (secondary N) is 1. The molecule has 6 heteroatoms. The standard InChI is InChI=1S/C16H20N2O3S/c1-2-21-11-3-10-17-12-15-8-9-16(22-15)13-4-6-14(7-5-13)18(19)20/h4-9,17H,2-3,10-12H2,1H3. The summed E-state index contributed by atoms with van der Waals surface area (Å²) in [5.41, 5.74) is 1.13. The Hall–Kier alpha value is -1.76. The highest BCUT2D eigenvalue weighted by molar-refractivity contribution is 7.15. The molecular formula is C16H20N2O3S. The van der Waals surface area contributed by atoms with E-state index in [1.165, 1.54) is 4.88 Å². The molecule has 22 heavy (non-hydrogen) atoms. The summed E-state index contributed by atoms with van der Waals surface area (Å²) in [5.74, 6) is 0. The second kappa shape index (κ2) is 8.63. The minimum atomic E-state index is -0.379. The van der Waals surface area contributed by atoms with Crippen LogP contribution in [0.15, 0.2) is 36.4 Å². The average molecular weight is 320 g/mol. The van der Waals surface area contributed by atoms with Crippen LogP contribution in [-0.4, -0.2) is 24.7 Å². The molecule has 0 bridgehead atoms. The minimum absolute atomic E-state index is 0.122. The molecule has 0 aliphatic rings.